The summed E-state index contributed by atoms with van der Waals surface area (Å²) < 4.78 is 0. The van der Waals surface area contributed by atoms with Crippen molar-refractivity contribution in [2.24, 2.45) is 16.5 Å². The molecule has 1 aliphatic heterocycles. The Morgan fingerprint density at radius 2 is 1.94 bits per heavy atom. The largest absolute Gasteiger partial charge is 0.370 e. The Bertz CT molecular complexity index is 1060. The Hall–Kier alpha value is -3.07. The zero-order valence-corrected chi connectivity index (χ0v) is 19.9. The zero-order chi connectivity index (χ0) is 23.7. The van der Waals surface area contributed by atoms with E-state index in [4.69, 9.17) is 34.7 Å². The van der Waals surface area contributed by atoms with Crippen LogP contribution in [0.5, 0.6) is 0 Å². The van der Waals surface area contributed by atoms with Gasteiger partial charge >= 0.3 is 0 Å². The first-order chi connectivity index (χ1) is 15.3. The van der Waals surface area contributed by atoms with Crippen LogP contribution >= 0.6 is 23.2 Å². The van der Waals surface area contributed by atoms with Crippen LogP contribution in [0.25, 0.3) is 0 Å². The fourth-order valence-corrected chi connectivity index (χ4v) is 3.78. The van der Waals surface area contributed by atoms with Crippen molar-refractivity contribution in [3.05, 3.63) is 80.6 Å². The van der Waals surface area contributed by atoms with Gasteiger partial charge in [-0.2, -0.15) is 0 Å². The Labute approximate surface area is 200 Å². The van der Waals surface area contributed by atoms with Gasteiger partial charge in [-0.15, -0.1) is 12.8 Å². The molecule has 3 rings (SSSR count). The third kappa shape index (κ3) is 7.26. The maximum absolute atomic E-state index is 6.26. The highest BCUT2D eigenvalue weighted by Gasteiger charge is 2.18. The van der Waals surface area contributed by atoms with Crippen LogP contribution < -0.4 is 22.1 Å². The molecule has 7 heteroatoms. The summed E-state index contributed by atoms with van der Waals surface area (Å²) in [6.45, 7) is 4.62. The summed E-state index contributed by atoms with van der Waals surface area (Å²) in [7, 11) is 0. The minimum atomic E-state index is 0.120. The summed E-state index contributed by atoms with van der Waals surface area (Å²) in [6.07, 6.45) is 12.7. The molecule has 1 heterocycles. The maximum Gasteiger partial charge on any atom is 0.185 e. The quantitative estimate of drug-likeness (QED) is 0.177. The van der Waals surface area contributed by atoms with E-state index in [1.807, 2.05) is 50.2 Å². The molecule has 1 aliphatic rings. The molecule has 168 valence electrons. The normalized spacial score (nSPS) is 13.9. The second kappa shape index (κ2) is 12.1. The molecule has 6 N–H and O–H groups in total. The average molecular weight is 470 g/mol. The third-order valence-corrected chi connectivity index (χ3v) is 5.55. The lowest BCUT2D eigenvalue weighted by atomic mass is 10.0. The number of hydrogen-bond donors (Lipinski definition) is 4. The van der Waals surface area contributed by atoms with Gasteiger partial charge in [-0.05, 0) is 79.8 Å². The molecular weight excluding hydrogens is 441 g/mol. The molecule has 0 unspecified atom stereocenters. The number of anilines is 2. The number of aliphatic imine (C=N–C) groups is 1. The topological polar surface area (TPSA) is 88.5 Å². The van der Waals surface area contributed by atoms with Crippen LogP contribution in [0.3, 0.4) is 0 Å². The number of nitrogens with one attached hydrogen (secondary N) is 2. The summed E-state index contributed by atoms with van der Waals surface area (Å²) in [5.74, 6) is 0.120. The zero-order valence-electron chi connectivity index (χ0n) is 18.4. The molecule has 5 nitrogen and oxygen atoms in total. The molecule has 0 fully saturated rings. The number of benzene rings is 2. The summed E-state index contributed by atoms with van der Waals surface area (Å²) in [6, 6.07) is 11.9. The highest BCUT2D eigenvalue weighted by Crippen LogP contribution is 2.33. The number of nitrogens with two attached hydrogens (primary N) is 2. The molecular formula is C25H29Cl2N5. The van der Waals surface area contributed by atoms with Gasteiger partial charge in [0, 0.05) is 45.8 Å². The molecule has 0 radical (unpaired) electrons. The first-order valence-corrected chi connectivity index (χ1v) is 10.9. The molecule has 0 aliphatic carbocycles. The van der Waals surface area contributed by atoms with Crippen molar-refractivity contribution < 1.29 is 0 Å². The number of allylic oxidation sites excluding steroid dienone is 4. The molecule has 2 aromatic rings. The molecule has 32 heavy (non-hydrogen) atoms. The van der Waals surface area contributed by atoms with Crippen molar-refractivity contribution in [1.82, 2.24) is 0 Å². The minimum Gasteiger partial charge on any atom is -0.370 e. The second-order valence-electron chi connectivity index (χ2n) is 7.43. The summed E-state index contributed by atoms with van der Waals surface area (Å²) in [4.78, 5) is 4.10. The van der Waals surface area contributed by atoms with Crippen LogP contribution in [0, 0.1) is 19.8 Å². The number of guanidine groups is 1. The highest BCUT2D eigenvalue weighted by atomic mass is 35.5. The molecule has 0 saturated heterocycles. The van der Waals surface area contributed by atoms with Crippen molar-refractivity contribution in [1.29, 1.82) is 0 Å². The van der Waals surface area contributed by atoms with Crippen LogP contribution in [0.15, 0.2) is 64.4 Å². The Balaban J connectivity index is 0.00000176. The number of fused-ring (bicyclic) bond motifs is 1. The van der Waals surface area contributed by atoms with Gasteiger partial charge in [-0.1, -0.05) is 29.3 Å². The van der Waals surface area contributed by atoms with Crippen LogP contribution in [-0.4, -0.2) is 12.5 Å². The molecule has 0 aromatic heterocycles. The van der Waals surface area contributed by atoms with Gasteiger partial charge in [0.15, 0.2) is 5.96 Å². The highest BCUT2D eigenvalue weighted by molar-refractivity contribution is 6.31. The Kier molecular flexibility index (Phi) is 9.52. The summed E-state index contributed by atoms with van der Waals surface area (Å²) in [5, 5.41) is 8.46. The molecule has 0 saturated carbocycles. The third-order valence-electron chi connectivity index (χ3n) is 4.91. The van der Waals surface area contributed by atoms with Crippen molar-refractivity contribution in [3.8, 4) is 12.8 Å². The van der Waals surface area contributed by atoms with Crippen molar-refractivity contribution >= 4 is 40.5 Å². The first kappa shape index (κ1) is 25.2. The fourth-order valence-electron chi connectivity index (χ4n) is 3.41. The van der Waals surface area contributed by atoms with Gasteiger partial charge in [-0.25, -0.2) is 0 Å². The SMILES string of the molecule is C#C.C/C(=C\C(CCCN=C(N)N)=C1/Cc2cc(Cl)ccc2N1)Nc1ccc(C)c(Cl)c1. The van der Waals surface area contributed by atoms with Crippen molar-refractivity contribution in [2.75, 3.05) is 17.2 Å². The van der Waals surface area contributed by atoms with Crippen molar-refractivity contribution in [3.63, 3.8) is 0 Å². The molecule has 2 aromatic carbocycles. The van der Waals surface area contributed by atoms with E-state index in [0.717, 1.165) is 51.9 Å². The minimum absolute atomic E-state index is 0.120. The molecule has 0 amide bonds. The van der Waals surface area contributed by atoms with Gasteiger partial charge in [0.1, 0.15) is 0 Å². The standard InChI is InChI=1S/C23H27Cl2N5.C2H2/c1-14-5-7-19(13-20(14)25)29-15(2)10-16(4-3-9-28-23(26)27)22-12-17-11-18(24)6-8-21(17)30-22;1-2/h5-8,10-11,13,29-30H,3-4,9,12H2,1-2H3,(H4,26,27,28);1-2H/b15-10+,22-16+;. The van der Waals surface area contributed by atoms with Crippen LogP contribution in [0.4, 0.5) is 11.4 Å². The number of rotatable bonds is 7. The van der Waals surface area contributed by atoms with Gasteiger partial charge < -0.3 is 22.1 Å². The summed E-state index contributed by atoms with van der Waals surface area (Å²) >= 11 is 12.4. The number of halogens is 2. The molecule has 0 atom stereocenters. The van der Waals surface area contributed by atoms with Gasteiger partial charge in [0.25, 0.3) is 0 Å². The van der Waals surface area contributed by atoms with Crippen LogP contribution in [-0.2, 0) is 6.42 Å². The second-order valence-corrected chi connectivity index (χ2v) is 8.28. The molecule has 0 bridgehead atoms. The smallest absolute Gasteiger partial charge is 0.185 e. The summed E-state index contributed by atoms with van der Waals surface area (Å²) in [5.41, 5.74) is 18.6. The number of aryl methyl sites for hydroxylation is 1. The van der Waals surface area contributed by atoms with E-state index >= 15 is 0 Å². The van der Waals surface area contributed by atoms with E-state index in [9.17, 15) is 0 Å². The van der Waals surface area contributed by atoms with Gasteiger partial charge in [0.05, 0.1) is 0 Å². The lowest BCUT2D eigenvalue weighted by molar-refractivity contribution is 0.825. The van der Waals surface area contributed by atoms with Crippen LogP contribution in [0.1, 0.15) is 30.9 Å². The Morgan fingerprint density at radius 1 is 1.19 bits per heavy atom. The van der Waals surface area contributed by atoms with E-state index < -0.39 is 0 Å². The van der Waals surface area contributed by atoms with E-state index in [-0.39, 0.29) is 5.96 Å². The van der Waals surface area contributed by atoms with Crippen LogP contribution in [0.2, 0.25) is 10.0 Å². The van der Waals surface area contributed by atoms with E-state index in [1.165, 1.54) is 16.8 Å². The lowest BCUT2D eigenvalue weighted by Gasteiger charge is -2.12. The predicted octanol–water partition coefficient (Wildman–Crippen LogP) is 5.84. The number of hydrogen-bond acceptors (Lipinski definition) is 3. The van der Waals surface area contributed by atoms with Gasteiger partial charge in [0.2, 0.25) is 0 Å². The average Bonchev–Trinajstić information content (AvgIpc) is 3.17. The predicted molar refractivity (Wildman–Crippen MR) is 139 cm³/mol. The van der Waals surface area contributed by atoms with E-state index in [2.05, 4.69) is 34.5 Å². The number of terminal acetylenes is 1. The fraction of sp³-hybridized carbons (Fsp3) is 0.240. The van der Waals surface area contributed by atoms with E-state index in [1.54, 1.807) is 0 Å². The monoisotopic (exact) mass is 469 g/mol. The maximum atomic E-state index is 6.26. The van der Waals surface area contributed by atoms with E-state index in [0.29, 0.717) is 6.54 Å². The first-order valence-electron chi connectivity index (χ1n) is 10.2. The lowest BCUT2D eigenvalue weighted by Crippen LogP contribution is -2.22. The van der Waals surface area contributed by atoms with Crippen molar-refractivity contribution in [2.45, 2.75) is 33.1 Å². The Morgan fingerprint density at radius 3 is 2.62 bits per heavy atom. The number of nitrogens with zero attached hydrogens (tertiary/aromatic N) is 1. The molecule has 0 spiro atoms. The van der Waals surface area contributed by atoms with Gasteiger partial charge in [-0.3, -0.25) is 4.99 Å².